The first-order valence-electron chi connectivity index (χ1n) is 4.56. The lowest BCUT2D eigenvalue weighted by Gasteiger charge is -2.33. The highest BCUT2D eigenvalue weighted by atomic mass is 16.3. The number of aliphatic hydroxyl groups is 2. The summed E-state index contributed by atoms with van der Waals surface area (Å²) in [6.45, 7) is 6.02. The minimum atomic E-state index is -0.647. The van der Waals surface area contributed by atoms with E-state index in [2.05, 4.69) is 13.8 Å². The van der Waals surface area contributed by atoms with Crippen LogP contribution in [0.1, 0.15) is 27.2 Å². The normalized spacial score (nSPS) is 36.8. The summed E-state index contributed by atoms with van der Waals surface area (Å²) in [5.74, 6) is 0.641. The number of hydrogen-bond acceptors (Lipinski definition) is 2. The van der Waals surface area contributed by atoms with Crippen molar-refractivity contribution in [2.24, 2.45) is 11.8 Å². The van der Waals surface area contributed by atoms with Gasteiger partial charge in [-0.2, -0.15) is 0 Å². The molecule has 12 heavy (non-hydrogen) atoms. The van der Waals surface area contributed by atoms with E-state index in [9.17, 15) is 10.2 Å². The zero-order valence-electron chi connectivity index (χ0n) is 7.99. The largest absolute Gasteiger partial charge is 0.390 e. The zero-order chi connectivity index (χ0) is 9.30. The molecule has 0 heterocycles. The number of allylic oxidation sites excluding steroid dienone is 1. The lowest BCUT2D eigenvalue weighted by atomic mass is 9.79. The topological polar surface area (TPSA) is 40.5 Å². The molecule has 0 saturated heterocycles. The molecule has 1 aliphatic carbocycles. The molecule has 0 saturated carbocycles. The van der Waals surface area contributed by atoms with Gasteiger partial charge in [-0.25, -0.2) is 0 Å². The van der Waals surface area contributed by atoms with Crippen molar-refractivity contribution in [2.75, 3.05) is 0 Å². The molecule has 0 spiro atoms. The minimum Gasteiger partial charge on any atom is -0.390 e. The van der Waals surface area contributed by atoms with Gasteiger partial charge in [0.05, 0.1) is 6.10 Å². The van der Waals surface area contributed by atoms with E-state index in [0.29, 0.717) is 5.92 Å². The summed E-state index contributed by atoms with van der Waals surface area (Å²) in [5.41, 5.74) is 0.902. The van der Waals surface area contributed by atoms with E-state index in [1.54, 1.807) is 0 Å². The second kappa shape index (κ2) is 3.58. The Bertz CT molecular complexity index is 184. The molecule has 0 aromatic heterocycles. The van der Waals surface area contributed by atoms with Gasteiger partial charge in [-0.15, -0.1) is 0 Å². The Morgan fingerprint density at radius 1 is 1.42 bits per heavy atom. The van der Waals surface area contributed by atoms with E-state index in [4.69, 9.17) is 0 Å². The maximum Gasteiger partial charge on any atom is 0.101 e. The van der Waals surface area contributed by atoms with Gasteiger partial charge in [0.2, 0.25) is 0 Å². The van der Waals surface area contributed by atoms with Gasteiger partial charge >= 0.3 is 0 Å². The molecule has 0 aromatic rings. The molecular weight excluding hydrogens is 152 g/mol. The van der Waals surface area contributed by atoms with E-state index in [0.717, 1.165) is 12.0 Å². The standard InChI is InChI=1S/C10H18O2/c1-6(2)8-5-4-7(3)9(11)10(8)12/h4,6,8-12H,5H2,1-3H3/t8-,9+,10+/m0/s1. The van der Waals surface area contributed by atoms with Gasteiger partial charge in [-0.05, 0) is 30.8 Å². The van der Waals surface area contributed by atoms with Gasteiger partial charge in [-0.1, -0.05) is 19.9 Å². The molecule has 0 aromatic carbocycles. The summed E-state index contributed by atoms with van der Waals surface area (Å²) in [6.07, 6.45) is 1.70. The monoisotopic (exact) mass is 170 g/mol. The molecular formula is C10H18O2. The third kappa shape index (κ3) is 1.70. The Hall–Kier alpha value is -0.340. The summed E-state index contributed by atoms with van der Waals surface area (Å²) in [7, 11) is 0. The van der Waals surface area contributed by atoms with Gasteiger partial charge in [0.25, 0.3) is 0 Å². The van der Waals surface area contributed by atoms with Crippen molar-refractivity contribution in [2.45, 2.75) is 39.4 Å². The average molecular weight is 170 g/mol. The Kier molecular flexibility index (Phi) is 2.91. The van der Waals surface area contributed by atoms with Crippen LogP contribution in [0.2, 0.25) is 0 Å². The Balaban J connectivity index is 2.73. The molecule has 0 radical (unpaired) electrons. The molecule has 1 rings (SSSR count). The van der Waals surface area contributed by atoms with Crippen molar-refractivity contribution in [3.8, 4) is 0 Å². The molecule has 0 fully saturated rings. The second-order valence-corrected chi connectivity index (χ2v) is 4.03. The first kappa shape index (κ1) is 9.75. The van der Waals surface area contributed by atoms with E-state index >= 15 is 0 Å². The van der Waals surface area contributed by atoms with Crippen LogP contribution in [0.25, 0.3) is 0 Å². The van der Waals surface area contributed by atoms with Crippen LogP contribution in [0.3, 0.4) is 0 Å². The van der Waals surface area contributed by atoms with Crippen LogP contribution in [0.15, 0.2) is 11.6 Å². The smallest absolute Gasteiger partial charge is 0.101 e. The average Bonchev–Trinajstić information content (AvgIpc) is 2.00. The maximum absolute atomic E-state index is 9.69. The van der Waals surface area contributed by atoms with Gasteiger partial charge in [0, 0.05) is 0 Å². The molecule has 70 valence electrons. The molecule has 2 nitrogen and oxygen atoms in total. The highest BCUT2D eigenvalue weighted by molar-refractivity contribution is 5.13. The SMILES string of the molecule is CC1=CC[C@@H](C(C)C)[C@@H](O)[C@@H]1O. The third-order valence-corrected chi connectivity index (χ3v) is 2.80. The van der Waals surface area contributed by atoms with Crippen molar-refractivity contribution < 1.29 is 10.2 Å². The maximum atomic E-state index is 9.69. The molecule has 3 atom stereocenters. The summed E-state index contributed by atoms with van der Waals surface area (Å²) < 4.78 is 0. The van der Waals surface area contributed by atoms with Crippen LogP contribution in [-0.2, 0) is 0 Å². The van der Waals surface area contributed by atoms with Crippen molar-refractivity contribution in [1.29, 1.82) is 0 Å². The summed E-state index contributed by atoms with van der Waals surface area (Å²) >= 11 is 0. The van der Waals surface area contributed by atoms with Crippen molar-refractivity contribution >= 4 is 0 Å². The highest BCUT2D eigenvalue weighted by Crippen LogP contribution is 2.29. The van der Waals surface area contributed by atoms with Crippen LogP contribution < -0.4 is 0 Å². The molecule has 2 heteroatoms. The molecule has 2 N–H and O–H groups in total. The Morgan fingerprint density at radius 2 is 2.00 bits per heavy atom. The summed E-state index contributed by atoms with van der Waals surface area (Å²) in [6, 6.07) is 0. The van der Waals surface area contributed by atoms with Crippen LogP contribution in [0.5, 0.6) is 0 Å². The first-order chi connectivity index (χ1) is 5.54. The zero-order valence-corrected chi connectivity index (χ0v) is 7.99. The van der Waals surface area contributed by atoms with E-state index in [1.165, 1.54) is 0 Å². The molecule has 1 aliphatic rings. The van der Waals surface area contributed by atoms with E-state index in [-0.39, 0.29) is 5.92 Å². The fourth-order valence-electron chi connectivity index (χ4n) is 1.75. The van der Waals surface area contributed by atoms with Gasteiger partial charge in [0.15, 0.2) is 0 Å². The fraction of sp³-hybridized carbons (Fsp3) is 0.800. The Morgan fingerprint density at radius 3 is 2.50 bits per heavy atom. The lowest BCUT2D eigenvalue weighted by Crippen LogP contribution is -2.39. The number of hydrogen-bond donors (Lipinski definition) is 2. The van der Waals surface area contributed by atoms with Gasteiger partial charge in [0.1, 0.15) is 6.10 Å². The van der Waals surface area contributed by atoms with Crippen LogP contribution in [-0.4, -0.2) is 22.4 Å². The first-order valence-corrected chi connectivity index (χ1v) is 4.56. The fourth-order valence-corrected chi connectivity index (χ4v) is 1.75. The predicted molar refractivity (Wildman–Crippen MR) is 48.7 cm³/mol. The highest BCUT2D eigenvalue weighted by Gasteiger charge is 2.31. The Labute approximate surface area is 73.9 Å². The van der Waals surface area contributed by atoms with Crippen LogP contribution in [0.4, 0.5) is 0 Å². The molecule has 0 aliphatic heterocycles. The lowest BCUT2D eigenvalue weighted by molar-refractivity contribution is -0.0184. The third-order valence-electron chi connectivity index (χ3n) is 2.80. The van der Waals surface area contributed by atoms with Gasteiger partial charge in [-0.3, -0.25) is 0 Å². The van der Waals surface area contributed by atoms with E-state index < -0.39 is 12.2 Å². The van der Waals surface area contributed by atoms with Gasteiger partial charge < -0.3 is 10.2 Å². The molecule has 0 unspecified atom stereocenters. The summed E-state index contributed by atoms with van der Waals surface area (Å²) in [4.78, 5) is 0. The summed E-state index contributed by atoms with van der Waals surface area (Å²) in [5, 5.41) is 19.2. The minimum absolute atomic E-state index is 0.212. The molecule has 0 bridgehead atoms. The quantitative estimate of drug-likeness (QED) is 0.583. The van der Waals surface area contributed by atoms with Crippen molar-refractivity contribution in [3.05, 3.63) is 11.6 Å². The van der Waals surface area contributed by atoms with Crippen molar-refractivity contribution in [3.63, 3.8) is 0 Å². The van der Waals surface area contributed by atoms with Crippen LogP contribution in [0, 0.1) is 11.8 Å². The number of aliphatic hydroxyl groups excluding tert-OH is 2. The second-order valence-electron chi connectivity index (χ2n) is 4.03. The van der Waals surface area contributed by atoms with Crippen LogP contribution >= 0.6 is 0 Å². The van der Waals surface area contributed by atoms with Crippen molar-refractivity contribution in [1.82, 2.24) is 0 Å². The van der Waals surface area contributed by atoms with E-state index in [1.807, 2.05) is 13.0 Å². The number of rotatable bonds is 1. The molecule has 0 amide bonds. The predicted octanol–water partition coefficient (Wildman–Crippen LogP) is 1.33.